The molecular weight excluding hydrogens is 401 g/mol. The molecule has 0 aromatic carbocycles. The Bertz CT molecular complexity index is 854. The number of nitrogens with zero attached hydrogens (tertiary/aromatic N) is 1. The first kappa shape index (κ1) is 20.2. The van der Waals surface area contributed by atoms with Crippen molar-refractivity contribution in [1.29, 1.82) is 0 Å². The Hall–Kier alpha value is -2.16. The summed E-state index contributed by atoms with van der Waals surface area (Å²) < 4.78 is 4.80. The van der Waals surface area contributed by atoms with Crippen LogP contribution < -0.4 is 10.6 Å². The number of hydrogen-bond acceptors (Lipinski definition) is 6. The van der Waals surface area contributed by atoms with Gasteiger partial charge in [-0.15, -0.1) is 11.3 Å². The van der Waals surface area contributed by atoms with Gasteiger partial charge in [-0.1, -0.05) is 23.2 Å². The summed E-state index contributed by atoms with van der Waals surface area (Å²) in [7, 11) is 0. The topological polar surface area (TPSA) is 97.4 Å². The lowest BCUT2D eigenvalue weighted by atomic mass is 10.3. The highest BCUT2D eigenvalue weighted by molar-refractivity contribution is 7.13. The van der Waals surface area contributed by atoms with Gasteiger partial charge in [0.25, 0.3) is 11.8 Å². The number of carbonyl (C=O) groups excluding carboxylic acids is 3. The molecule has 2 aromatic heterocycles. The monoisotopic (exact) mass is 415 g/mol. The molecule has 0 fully saturated rings. The lowest BCUT2D eigenvalue weighted by Crippen LogP contribution is -2.32. The number of hydrogen-bond donors (Lipinski definition) is 2. The van der Waals surface area contributed by atoms with Gasteiger partial charge in [0.1, 0.15) is 6.54 Å². The molecule has 2 heterocycles. The van der Waals surface area contributed by atoms with Crippen molar-refractivity contribution in [2.75, 3.05) is 18.5 Å². The summed E-state index contributed by atoms with van der Waals surface area (Å²) in [4.78, 5) is 40.7. The lowest BCUT2D eigenvalue weighted by molar-refractivity contribution is -0.146. The average Bonchev–Trinajstić information content (AvgIpc) is 3.05. The lowest BCUT2D eigenvalue weighted by Gasteiger charge is -2.09. The van der Waals surface area contributed by atoms with E-state index >= 15 is 0 Å². The second kappa shape index (κ2) is 8.98. The van der Waals surface area contributed by atoms with Gasteiger partial charge in [0.2, 0.25) is 0 Å². The van der Waals surface area contributed by atoms with Gasteiger partial charge in [0.15, 0.2) is 12.4 Å². The predicted octanol–water partition coefficient (Wildman–Crippen LogP) is 2.98. The van der Waals surface area contributed by atoms with E-state index in [0.717, 1.165) is 4.88 Å². The first-order valence-electron chi connectivity index (χ1n) is 7.38. The van der Waals surface area contributed by atoms with Crippen molar-refractivity contribution in [2.45, 2.75) is 13.8 Å². The Balaban J connectivity index is 1.77. The van der Waals surface area contributed by atoms with Crippen molar-refractivity contribution in [1.82, 2.24) is 10.3 Å². The maximum absolute atomic E-state index is 11.8. The minimum Gasteiger partial charge on any atom is -0.454 e. The number of esters is 1. The van der Waals surface area contributed by atoms with E-state index in [1.54, 1.807) is 19.1 Å². The number of aryl methyl sites for hydroxylation is 1. The number of halogens is 2. The number of anilines is 1. The fourth-order valence-electron chi connectivity index (χ4n) is 1.81. The van der Waals surface area contributed by atoms with E-state index < -0.39 is 18.5 Å². The number of carbonyl (C=O) groups is 3. The Kier molecular flexibility index (Phi) is 6.96. The molecule has 2 aromatic rings. The van der Waals surface area contributed by atoms with Crippen LogP contribution in [-0.2, 0) is 14.3 Å². The SMILES string of the molecule is Cc1ccc(C(=O)NCC(=O)OCC(=O)Nc2ncc(Cl)c(C)c2Cl)s1. The highest BCUT2D eigenvalue weighted by Crippen LogP contribution is 2.28. The van der Waals surface area contributed by atoms with E-state index in [-0.39, 0.29) is 23.3 Å². The fraction of sp³-hybridized carbons (Fsp3) is 0.250. The smallest absolute Gasteiger partial charge is 0.325 e. The highest BCUT2D eigenvalue weighted by atomic mass is 35.5. The molecule has 0 unspecified atom stereocenters. The van der Waals surface area contributed by atoms with Crippen molar-refractivity contribution in [2.24, 2.45) is 0 Å². The number of rotatable bonds is 6. The Morgan fingerprint density at radius 2 is 1.96 bits per heavy atom. The normalized spacial score (nSPS) is 10.3. The second-order valence-electron chi connectivity index (χ2n) is 5.20. The highest BCUT2D eigenvalue weighted by Gasteiger charge is 2.14. The summed E-state index contributed by atoms with van der Waals surface area (Å²) in [5.74, 6) is -1.61. The first-order chi connectivity index (χ1) is 12.3. The van der Waals surface area contributed by atoms with Crippen molar-refractivity contribution in [3.05, 3.63) is 43.7 Å². The van der Waals surface area contributed by atoms with Gasteiger partial charge >= 0.3 is 5.97 Å². The van der Waals surface area contributed by atoms with Crippen LogP contribution in [0.2, 0.25) is 10.0 Å². The van der Waals surface area contributed by atoms with Crippen LogP contribution in [0.1, 0.15) is 20.1 Å². The standard InChI is InChI=1S/C16H15Cl2N3O4S/c1-8-3-4-11(26-8)16(24)20-6-13(23)25-7-12(22)21-15-14(18)9(2)10(17)5-19-15/h3-5H,6-7H2,1-2H3,(H,20,24)(H,19,21,22). The molecule has 0 atom stereocenters. The maximum atomic E-state index is 11.8. The van der Waals surface area contributed by atoms with E-state index in [0.29, 0.717) is 15.5 Å². The third-order valence-corrected chi connectivity index (χ3v) is 5.02. The minimum atomic E-state index is -0.742. The molecule has 0 radical (unpaired) electrons. The molecule has 0 aliphatic rings. The van der Waals surface area contributed by atoms with Gasteiger partial charge in [-0.25, -0.2) is 4.98 Å². The zero-order valence-corrected chi connectivity index (χ0v) is 16.2. The molecule has 26 heavy (non-hydrogen) atoms. The quantitative estimate of drug-likeness (QED) is 0.706. The number of pyridine rings is 1. The van der Waals surface area contributed by atoms with Gasteiger partial charge < -0.3 is 15.4 Å². The molecule has 2 rings (SSSR count). The fourth-order valence-corrected chi connectivity index (χ4v) is 2.98. The van der Waals surface area contributed by atoms with Crippen LogP contribution in [0.25, 0.3) is 0 Å². The number of amides is 2. The van der Waals surface area contributed by atoms with Crippen molar-refractivity contribution in [3.63, 3.8) is 0 Å². The van der Waals surface area contributed by atoms with E-state index in [4.69, 9.17) is 27.9 Å². The molecule has 7 nitrogen and oxygen atoms in total. The van der Waals surface area contributed by atoms with Crippen LogP contribution >= 0.6 is 34.5 Å². The van der Waals surface area contributed by atoms with Crippen LogP contribution in [0, 0.1) is 13.8 Å². The van der Waals surface area contributed by atoms with Gasteiger partial charge in [-0.2, -0.15) is 0 Å². The average molecular weight is 416 g/mol. The van der Waals surface area contributed by atoms with Crippen LogP contribution in [0.3, 0.4) is 0 Å². The van der Waals surface area contributed by atoms with E-state index in [1.165, 1.54) is 17.5 Å². The zero-order valence-electron chi connectivity index (χ0n) is 13.9. The van der Waals surface area contributed by atoms with Crippen molar-refractivity contribution < 1.29 is 19.1 Å². The first-order valence-corrected chi connectivity index (χ1v) is 8.96. The third kappa shape index (κ3) is 5.42. The molecule has 0 bridgehead atoms. The zero-order chi connectivity index (χ0) is 19.3. The van der Waals surface area contributed by atoms with E-state index in [9.17, 15) is 14.4 Å². The molecule has 2 amide bonds. The summed E-state index contributed by atoms with van der Waals surface area (Å²) in [5, 5.41) is 5.42. The van der Waals surface area contributed by atoms with Crippen LogP contribution in [-0.4, -0.2) is 35.9 Å². The summed E-state index contributed by atoms with van der Waals surface area (Å²) in [6, 6.07) is 3.47. The molecule has 0 spiro atoms. The molecule has 10 heteroatoms. The summed E-state index contributed by atoms with van der Waals surface area (Å²) >= 11 is 13.2. The molecule has 2 N–H and O–H groups in total. The summed E-state index contributed by atoms with van der Waals surface area (Å²) in [6.07, 6.45) is 1.35. The van der Waals surface area contributed by atoms with Gasteiger partial charge in [0.05, 0.1) is 14.9 Å². The molecule has 0 aliphatic heterocycles. The van der Waals surface area contributed by atoms with E-state index in [1.807, 2.05) is 6.92 Å². The third-order valence-electron chi connectivity index (χ3n) is 3.18. The van der Waals surface area contributed by atoms with Crippen LogP contribution in [0.15, 0.2) is 18.3 Å². The molecule has 138 valence electrons. The Labute approximate surface area is 163 Å². The van der Waals surface area contributed by atoms with E-state index in [2.05, 4.69) is 15.6 Å². The Morgan fingerprint density at radius 1 is 1.23 bits per heavy atom. The van der Waals surface area contributed by atoms with Gasteiger partial charge in [0, 0.05) is 11.1 Å². The molecule has 0 saturated heterocycles. The molecule has 0 aliphatic carbocycles. The molecule has 0 saturated carbocycles. The minimum absolute atomic E-state index is 0.121. The van der Waals surface area contributed by atoms with Crippen molar-refractivity contribution >= 4 is 58.1 Å². The van der Waals surface area contributed by atoms with Crippen LogP contribution in [0.5, 0.6) is 0 Å². The largest absolute Gasteiger partial charge is 0.454 e. The summed E-state index contributed by atoms with van der Waals surface area (Å²) in [6.45, 7) is 2.67. The second-order valence-corrected chi connectivity index (χ2v) is 7.27. The van der Waals surface area contributed by atoms with Crippen molar-refractivity contribution in [3.8, 4) is 0 Å². The predicted molar refractivity (Wildman–Crippen MR) is 100.0 cm³/mol. The number of thiophene rings is 1. The van der Waals surface area contributed by atoms with Crippen LogP contribution in [0.4, 0.5) is 5.82 Å². The van der Waals surface area contributed by atoms with Gasteiger partial charge in [-0.3, -0.25) is 14.4 Å². The number of ether oxygens (including phenoxy) is 1. The summed E-state index contributed by atoms with van der Waals surface area (Å²) in [5.41, 5.74) is 0.571. The number of aromatic nitrogens is 1. The molecular formula is C16H15Cl2N3O4S. The van der Waals surface area contributed by atoms with Gasteiger partial charge in [-0.05, 0) is 31.5 Å². The number of nitrogens with one attached hydrogen (secondary N) is 2. The Morgan fingerprint density at radius 3 is 2.62 bits per heavy atom. The maximum Gasteiger partial charge on any atom is 0.325 e.